The third-order valence-corrected chi connectivity index (χ3v) is 6.66. The van der Waals surface area contributed by atoms with E-state index in [9.17, 15) is 9.59 Å². The lowest BCUT2D eigenvalue weighted by Gasteiger charge is -2.29. The largest absolute Gasteiger partial charge is 0.378 e. The van der Waals surface area contributed by atoms with Gasteiger partial charge in [-0.1, -0.05) is 38.5 Å². The van der Waals surface area contributed by atoms with Gasteiger partial charge in [-0.25, -0.2) is 4.39 Å². The fraction of sp³-hybridized carbons (Fsp3) is 0.607. The number of nitrogens with zero attached hydrogens (tertiary/aromatic N) is 1. The summed E-state index contributed by atoms with van der Waals surface area (Å²) in [5.74, 6) is -0.772. The fourth-order valence-electron chi connectivity index (χ4n) is 4.31. The highest BCUT2D eigenvalue weighted by Crippen LogP contribution is 2.33. The molecule has 0 spiro atoms. The second kappa shape index (κ2) is 12.9. The summed E-state index contributed by atoms with van der Waals surface area (Å²) in [5, 5.41) is 0. The lowest BCUT2D eigenvalue weighted by Crippen LogP contribution is -2.33. The number of hydrogen-bond acceptors (Lipinski definition) is 4. The molecule has 3 unspecified atom stereocenters. The van der Waals surface area contributed by atoms with Gasteiger partial charge in [-0.3, -0.25) is 14.6 Å². The fourth-order valence-corrected chi connectivity index (χ4v) is 4.31. The summed E-state index contributed by atoms with van der Waals surface area (Å²) in [4.78, 5) is 30.3. The molecule has 4 nitrogen and oxygen atoms in total. The van der Waals surface area contributed by atoms with Crippen molar-refractivity contribution in [3.05, 3.63) is 47.6 Å². The van der Waals surface area contributed by atoms with Gasteiger partial charge >= 0.3 is 0 Å². The van der Waals surface area contributed by atoms with E-state index in [1.165, 1.54) is 6.08 Å². The Morgan fingerprint density at radius 1 is 1.27 bits per heavy atom. The van der Waals surface area contributed by atoms with Crippen molar-refractivity contribution in [2.24, 2.45) is 17.3 Å². The zero-order valence-electron chi connectivity index (χ0n) is 20.9. The molecule has 182 valence electrons. The first-order chi connectivity index (χ1) is 15.6. The molecule has 2 rings (SSSR count). The second-order valence-electron chi connectivity index (χ2n) is 10.0. The van der Waals surface area contributed by atoms with Gasteiger partial charge in [0, 0.05) is 36.3 Å². The molecule has 3 atom stereocenters. The van der Waals surface area contributed by atoms with Crippen molar-refractivity contribution in [1.82, 2.24) is 4.98 Å². The molecule has 2 heterocycles. The molecule has 5 heteroatoms. The Morgan fingerprint density at radius 3 is 2.70 bits per heavy atom. The van der Waals surface area contributed by atoms with Gasteiger partial charge < -0.3 is 4.74 Å². The maximum absolute atomic E-state index is 15.2. The van der Waals surface area contributed by atoms with Gasteiger partial charge in [-0.15, -0.1) is 0 Å². The summed E-state index contributed by atoms with van der Waals surface area (Å²) in [6.07, 6.45) is 8.56. The average Bonchev–Trinajstić information content (AvgIpc) is 2.78. The third kappa shape index (κ3) is 8.96. The van der Waals surface area contributed by atoms with E-state index in [2.05, 4.69) is 4.98 Å². The van der Waals surface area contributed by atoms with Crippen molar-refractivity contribution >= 4 is 17.6 Å². The van der Waals surface area contributed by atoms with Crippen molar-refractivity contribution in [3.63, 3.8) is 0 Å². The van der Waals surface area contributed by atoms with Crippen LogP contribution in [0, 0.1) is 17.3 Å². The molecular formula is C28H40FNO3. The van der Waals surface area contributed by atoms with E-state index in [4.69, 9.17) is 4.74 Å². The molecule has 0 saturated carbocycles. The van der Waals surface area contributed by atoms with E-state index in [1.54, 1.807) is 18.3 Å². The van der Waals surface area contributed by atoms with Gasteiger partial charge in [-0.2, -0.15) is 0 Å². The molecule has 1 aliphatic rings. The SMILES string of the molecule is CCC1CC(C)OCCC(C)=CCC(C(F)=Cc2ccccn2)CC(=O)CCC(C)(C)C1=O. The number of carbonyl (C=O) groups excluding carboxylic acids is 2. The third-order valence-electron chi connectivity index (χ3n) is 6.66. The van der Waals surface area contributed by atoms with Crippen LogP contribution in [0.2, 0.25) is 0 Å². The Bertz CT molecular complexity index is 844. The van der Waals surface area contributed by atoms with Gasteiger partial charge in [0.05, 0.1) is 18.4 Å². The van der Waals surface area contributed by atoms with Crippen LogP contribution in [0.1, 0.15) is 85.3 Å². The predicted molar refractivity (Wildman–Crippen MR) is 131 cm³/mol. The van der Waals surface area contributed by atoms with Crippen LogP contribution >= 0.6 is 0 Å². The van der Waals surface area contributed by atoms with Crippen molar-refractivity contribution in [2.45, 2.75) is 85.7 Å². The van der Waals surface area contributed by atoms with E-state index in [0.29, 0.717) is 31.6 Å². The molecule has 0 radical (unpaired) electrons. The number of aromatic nitrogens is 1. The number of allylic oxidation sites excluding steroid dienone is 2. The van der Waals surface area contributed by atoms with Gasteiger partial charge in [0.25, 0.3) is 0 Å². The Hall–Kier alpha value is -2.14. The quantitative estimate of drug-likeness (QED) is 0.463. The summed E-state index contributed by atoms with van der Waals surface area (Å²) in [7, 11) is 0. The van der Waals surface area contributed by atoms with Crippen LogP contribution in [0.3, 0.4) is 0 Å². The molecule has 0 amide bonds. The summed E-state index contributed by atoms with van der Waals surface area (Å²) in [5.41, 5.74) is 1.05. The van der Waals surface area contributed by atoms with Crippen LogP contribution in [0.5, 0.6) is 0 Å². The predicted octanol–water partition coefficient (Wildman–Crippen LogP) is 6.90. The molecular weight excluding hydrogens is 417 g/mol. The first kappa shape index (κ1) is 27.1. The first-order valence-corrected chi connectivity index (χ1v) is 12.2. The summed E-state index contributed by atoms with van der Waals surface area (Å²) in [6, 6.07) is 5.34. The number of pyridine rings is 1. The van der Waals surface area contributed by atoms with Crippen LogP contribution in [-0.2, 0) is 14.3 Å². The van der Waals surface area contributed by atoms with Crippen LogP contribution in [0.15, 0.2) is 41.9 Å². The van der Waals surface area contributed by atoms with E-state index < -0.39 is 11.3 Å². The molecule has 0 aromatic carbocycles. The van der Waals surface area contributed by atoms with Crippen LogP contribution < -0.4 is 0 Å². The van der Waals surface area contributed by atoms with Gasteiger partial charge in [0.15, 0.2) is 0 Å². The minimum atomic E-state index is -0.596. The van der Waals surface area contributed by atoms with E-state index in [1.807, 2.05) is 46.8 Å². The van der Waals surface area contributed by atoms with E-state index in [0.717, 1.165) is 18.4 Å². The Balaban J connectivity index is 2.25. The highest BCUT2D eigenvalue weighted by atomic mass is 19.1. The van der Waals surface area contributed by atoms with Gasteiger partial charge in [-0.05, 0) is 64.2 Å². The number of carbonyl (C=O) groups is 2. The maximum Gasteiger partial charge on any atom is 0.141 e. The Morgan fingerprint density at radius 2 is 2.03 bits per heavy atom. The first-order valence-electron chi connectivity index (χ1n) is 12.2. The maximum atomic E-state index is 15.2. The van der Waals surface area contributed by atoms with Crippen molar-refractivity contribution in [1.29, 1.82) is 0 Å². The molecule has 1 aromatic heterocycles. The normalized spacial score (nSPS) is 26.7. The zero-order chi connectivity index (χ0) is 24.4. The van der Waals surface area contributed by atoms with Crippen molar-refractivity contribution in [2.75, 3.05) is 6.61 Å². The number of ketones is 2. The number of hydrogen-bond donors (Lipinski definition) is 0. The lowest BCUT2D eigenvalue weighted by atomic mass is 9.75. The van der Waals surface area contributed by atoms with Crippen LogP contribution in [-0.4, -0.2) is 29.3 Å². The highest BCUT2D eigenvalue weighted by molar-refractivity contribution is 5.87. The second-order valence-corrected chi connectivity index (χ2v) is 10.0. The summed E-state index contributed by atoms with van der Waals surface area (Å²) >= 11 is 0. The van der Waals surface area contributed by atoms with Gasteiger partial charge in [0.2, 0.25) is 0 Å². The Labute approximate surface area is 198 Å². The zero-order valence-corrected chi connectivity index (χ0v) is 20.9. The lowest BCUT2D eigenvalue weighted by molar-refractivity contribution is -0.133. The molecule has 0 aliphatic carbocycles. The molecule has 0 bridgehead atoms. The smallest absolute Gasteiger partial charge is 0.141 e. The number of rotatable bonds is 3. The molecule has 33 heavy (non-hydrogen) atoms. The van der Waals surface area contributed by atoms with Crippen LogP contribution in [0.25, 0.3) is 6.08 Å². The highest BCUT2D eigenvalue weighted by Gasteiger charge is 2.34. The Kier molecular flexibility index (Phi) is 10.6. The van der Waals surface area contributed by atoms with Crippen LogP contribution in [0.4, 0.5) is 4.39 Å². The number of Topliss-reactive ketones (excluding diaryl/α,β-unsaturated/α-hetero) is 2. The molecule has 0 saturated heterocycles. The molecule has 1 aliphatic heterocycles. The van der Waals surface area contributed by atoms with Gasteiger partial charge in [0.1, 0.15) is 17.4 Å². The monoisotopic (exact) mass is 457 g/mol. The molecule has 0 N–H and O–H groups in total. The summed E-state index contributed by atoms with van der Waals surface area (Å²) < 4.78 is 21.2. The summed E-state index contributed by atoms with van der Waals surface area (Å²) in [6.45, 7) is 10.5. The minimum absolute atomic E-state index is 0.00616. The van der Waals surface area contributed by atoms with Crippen molar-refractivity contribution in [3.8, 4) is 0 Å². The topological polar surface area (TPSA) is 56.3 Å². The van der Waals surface area contributed by atoms with E-state index >= 15 is 4.39 Å². The minimum Gasteiger partial charge on any atom is -0.378 e. The average molecular weight is 458 g/mol. The molecule has 1 aromatic rings. The van der Waals surface area contributed by atoms with Crippen molar-refractivity contribution < 1.29 is 18.7 Å². The standard InChI is InChI=1S/C28H40FNO3/c1-6-22-17-21(3)33-16-13-20(2)10-11-23(26(29)19-24-9-7-8-15-30-24)18-25(31)12-14-28(4,5)27(22)32/h7-10,15,19,21-23H,6,11-14,16-18H2,1-5H3. The van der Waals surface area contributed by atoms with E-state index in [-0.39, 0.29) is 42.3 Å². The number of ether oxygens (including phenoxy) is 1. The number of halogens is 1. The molecule has 0 fully saturated rings.